The Morgan fingerprint density at radius 1 is 0.968 bits per heavy atom. The summed E-state index contributed by atoms with van der Waals surface area (Å²) in [4.78, 5) is 4.62. The molecular weight excluding hydrogens is 518 g/mol. The molecule has 3 aromatic carbocycles. The summed E-state index contributed by atoms with van der Waals surface area (Å²) in [6, 6.07) is 13.3. The zero-order valence-corrected chi connectivity index (χ0v) is 20.3. The summed E-state index contributed by atoms with van der Waals surface area (Å²) < 4.78 is 13.6. The normalized spacial score (nSPS) is 22.4. The van der Waals surface area contributed by atoms with E-state index in [1.807, 2.05) is 0 Å². The number of ether oxygens (including phenoxy) is 1. The van der Waals surface area contributed by atoms with Gasteiger partial charge in [0.25, 0.3) is 0 Å². The number of hydrogen-bond donors (Lipinski definition) is 0. The summed E-state index contributed by atoms with van der Waals surface area (Å²) in [6.45, 7) is 8.27. The van der Waals surface area contributed by atoms with Gasteiger partial charge in [0.15, 0.2) is 0 Å². The molecule has 2 bridgehead atoms. The van der Waals surface area contributed by atoms with Crippen molar-refractivity contribution in [1.82, 2.24) is 9.13 Å². The third-order valence-corrected chi connectivity index (χ3v) is 9.18. The molecule has 0 saturated carbocycles. The molecule has 2 aliphatic rings. The molecule has 154 valence electrons. The Hall–Kier alpha value is -2.15. The molecule has 0 spiro atoms. The molecule has 0 aliphatic carbocycles. The molecule has 4 heterocycles. The minimum Gasteiger partial charge on any atom is -0.312 e. The second kappa shape index (κ2) is 5.80. The quantitative estimate of drug-likeness (QED) is 0.202. The third-order valence-electron chi connectivity index (χ3n) is 7.06. The number of halogens is 2. The average molecular weight is 537 g/mol. The summed E-state index contributed by atoms with van der Waals surface area (Å²) in [7, 11) is 0. The van der Waals surface area contributed by atoms with E-state index in [4.69, 9.17) is 4.74 Å². The van der Waals surface area contributed by atoms with Gasteiger partial charge in [-0.25, -0.2) is 4.99 Å². The van der Waals surface area contributed by atoms with Gasteiger partial charge in [0.2, 0.25) is 5.85 Å². The van der Waals surface area contributed by atoms with Crippen LogP contribution in [0, 0.1) is 13.8 Å². The minimum atomic E-state index is -0.795. The molecule has 2 atom stereocenters. The zero-order valence-electron chi connectivity index (χ0n) is 17.2. The number of fused-ring (bicyclic) bond motifs is 10. The molecule has 0 radical (unpaired) electrons. The fraction of sp³-hybridized carbons (Fsp3) is 0.240. The Morgan fingerprint density at radius 2 is 1.58 bits per heavy atom. The summed E-state index contributed by atoms with van der Waals surface area (Å²) in [5.74, 6) is -0.795. The van der Waals surface area contributed by atoms with Crippen molar-refractivity contribution in [2.45, 2.75) is 38.8 Å². The van der Waals surface area contributed by atoms with E-state index in [0.717, 1.165) is 32.8 Å². The highest BCUT2D eigenvalue weighted by Crippen LogP contribution is 2.56. The number of benzene rings is 3. The van der Waals surface area contributed by atoms with E-state index < -0.39 is 5.85 Å². The van der Waals surface area contributed by atoms with Crippen LogP contribution in [0.25, 0.3) is 43.6 Å². The van der Waals surface area contributed by atoms with Gasteiger partial charge in [-0.05, 0) is 83.1 Å². The molecule has 1 fully saturated rings. The first kappa shape index (κ1) is 18.4. The topological polar surface area (TPSA) is 31.4 Å². The molecule has 5 aromatic rings. The standard InChI is InChI=1S/C25H19Br2N3O/c1-12-4-6-16-14(10-12)19-21(26)22(27)20-15-11-13(2)5-7-17(15)30-24(20)23(19)29(16)18-8-9-25(30,28-3)31-18/h4-7,10-11,18H,3,8-9H2,1-2H3/t18-,25-/m0/s1. The highest BCUT2D eigenvalue weighted by Gasteiger charge is 2.47. The number of hydrogen-bond acceptors (Lipinski definition) is 2. The van der Waals surface area contributed by atoms with Crippen LogP contribution in [0.15, 0.2) is 50.3 Å². The second-order valence-electron chi connectivity index (χ2n) is 8.83. The summed E-state index contributed by atoms with van der Waals surface area (Å²) in [5, 5.41) is 4.86. The number of aliphatic imine (C=N–C) groups is 1. The van der Waals surface area contributed by atoms with Crippen LogP contribution < -0.4 is 0 Å². The van der Waals surface area contributed by atoms with E-state index in [1.54, 1.807) is 0 Å². The maximum absolute atomic E-state index is 6.76. The van der Waals surface area contributed by atoms with Crippen molar-refractivity contribution in [1.29, 1.82) is 0 Å². The third kappa shape index (κ3) is 2.03. The van der Waals surface area contributed by atoms with E-state index in [0.29, 0.717) is 0 Å². The molecule has 6 heteroatoms. The maximum Gasteiger partial charge on any atom is 0.244 e. The van der Waals surface area contributed by atoms with Crippen LogP contribution in [0.5, 0.6) is 0 Å². The van der Waals surface area contributed by atoms with Crippen LogP contribution in [-0.4, -0.2) is 15.9 Å². The number of rotatable bonds is 1. The number of nitrogens with zero attached hydrogens (tertiary/aromatic N) is 3. The van der Waals surface area contributed by atoms with Gasteiger partial charge in [-0.2, -0.15) is 0 Å². The highest BCUT2D eigenvalue weighted by atomic mass is 79.9. The summed E-state index contributed by atoms with van der Waals surface area (Å²) in [6.07, 6.45) is 1.62. The Bertz CT molecular complexity index is 1640. The average Bonchev–Trinajstić information content (AvgIpc) is 3.39. The highest BCUT2D eigenvalue weighted by molar-refractivity contribution is 9.13. The lowest BCUT2D eigenvalue weighted by molar-refractivity contribution is -0.106. The van der Waals surface area contributed by atoms with Crippen molar-refractivity contribution in [3.8, 4) is 0 Å². The van der Waals surface area contributed by atoms with Gasteiger partial charge in [-0.1, -0.05) is 23.3 Å². The van der Waals surface area contributed by atoms with Gasteiger partial charge in [-0.15, -0.1) is 0 Å². The van der Waals surface area contributed by atoms with Crippen molar-refractivity contribution in [3.05, 3.63) is 56.5 Å². The zero-order chi connectivity index (χ0) is 21.2. The Morgan fingerprint density at radius 3 is 2.26 bits per heavy atom. The van der Waals surface area contributed by atoms with Crippen molar-refractivity contribution in [3.63, 3.8) is 0 Å². The van der Waals surface area contributed by atoms with Gasteiger partial charge >= 0.3 is 0 Å². The van der Waals surface area contributed by atoms with Crippen molar-refractivity contribution < 1.29 is 4.74 Å². The lowest BCUT2D eigenvalue weighted by Crippen LogP contribution is -2.29. The van der Waals surface area contributed by atoms with Crippen molar-refractivity contribution in [2.75, 3.05) is 0 Å². The first-order valence-electron chi connectivity index (χ1n) is 10.5. The maximum atomic E-state index is 6.76. The van der Waals surface area contributed by atoms with E-state index in [-0.39, 0.29) is 6.23 Å². The van der Waals surface area contributed by atoms with E-state index in [2.05, 4.69) is 103 Å². The Kier molecular flexibility index (Phi) is 3.45. The predicted molar refractivity (Wildman–Crippen MR) is 134 cm³/mol. The summed E-state index contributed by atoms with van der Waals surface area (Å²) in [5.41, 5.74) is 7.17. The molecule has 4 nitrogen and oxygen atoms in total. The van der Waals surface area contributed by atoms with Crippen LogP contribution in [0.3, 0.4) is 0 Å². The smallest absolute Gasteiger partial charge is 0.244 e. The molecular formula is C25H19Br2N3O. The first-order chi connectivity index (χ1) is 14.9. The fourth-order valence-electron chi connectivity index (χ4n) is 5.80. The minimum absolute atomic E-state index is 0.0788. The molecule has 0 amide bonds. The SMILES string of the molecule is C=N[C@]12CC[C@H](O1)n1c3ccc(C)cc3c3c(Br)c(Br)c4c5cc(C)ccc5n2c4c31. The fourth-order valence-corrected chi connectivity index (χ4v) is 7.00. The summed E-state index contributed by atoms with van der Waals surface area (Å²) >= 11 is 7.92. The van der Waals surface area contributed by atoms with Gasteiger partial charge in [0.05, 0.1) is 22.1 Å². The Labute approximate surface area is 195 Å². The molecule has 7 rings (SSSR count). The van der Waals surface area contributed by atoms with Gasteiger partial charge < -0.3 is 9.30 Å². The molecule has 0 unspecified atom stereocenters. The molecule has 0 N–H and O–H groups in total. The van der Waals surface area contributed by atoms with E-state index >= 15 is 0 Å². The lowest BCUT2D eigenvalue weighted by atomic mass is 10.1. The van der Waals surface area contributed by atoms with Gasteiger partial charge in [0, 0.05) is 36.9 Å². The van der Waals surface area contributed by atoms with Gasteiger partial charge in [-0.3, -0.25) is 4.57 Å². The van der Waals surface area contributed by atoms with Crippen LogP contribution in [-0.2, 0) is 10.6 Å². The van der Waals surface area contributed by atoms with E-state index in [9.17, 15) is 0 Å². The molecule has 2 aliphatic heterocycles. The van der Waals surface area contributed by atoms with Crippen LogP contribution in [0.4, 0.5) is 0 Å². The molecule has 2 aromatic heterocycles. The lowest BCUT2D eigenvalue weighted by Gasteiger charge is -2.27. The van der Waals surface area contributed by atoms with Crippen LogP contribution in [0.1, 0.15) is 30.2 Å². The van der Waals surface area contributed by atoms with Crippen LogP contribution >= 0.6 is 31.9 Å². The first-order valence-corrected chi connectivity index (χ1v) is 12.1. The van der Waals surface area contributed by atoms with Gasteiger partial charge in [0.1, 0.15) is 6.23 Å². The largest absolute Gasteiger partial charge is 0.312 e. The molecule has 31 heavy (non-hydrogen) atoms. The predicted octanol–water partition coefficient (Wildman–Crippen LogP) is 7.68. The van der Waals surface area contributed by atoms with Crippen molar-refractivity contribution >= 4 is 82.2 Å². The molecule has 1 saturated heterocycles. The van der Waals surface area contributed by atoms with Crippen LogP contribution in [0.2, 0.25) is 0 Å². The Balaban J connectivity index is 1.90. The monoisotopic (exact) mass is 535 g/mol. The van der Waals surface area contributed by atoms with Crippen molar-refractivity contribution in [2.24, 2.45) is 4.99 Å². The number of aryl methyl sites for hydroxylation is 2. The second-order valence-corrected chi connectivity index (χ2v) is 10.4. The number of aromatic nitrogens is 2. The van der Waals surface area contributed by atoms with E-state index in [1.165, 1.54) is 43.7 Å².